The van der Waals surface area contributed by atoms with Crippen LogP contribution in [0.25, 0.3) is 0 Å². The number of carbonyl (C=O) groups is 2. The molecule has 0 saturated carbocycles. The highest BCUT2D eigenvalue weighted by Crippen LogP contribution is 2.55. The Morgan fingerprint density at radius 3 is 2.53 bits per heavy atom. The van der Waals surface area contributed by atoms with Crippen molar-refractivity contribution in [3.05, 3.63) is 47.4 Å². The molecule has 1 aliphatic rings. The van der Waals surface area contributed by atoms with Crippen molar-refractivity contribution in [3.8, 4) is 0 Å². The largest absolute Gasteiger partial charge is 0.474 e. The monoisotopic (exact) mass is 250 g/mol. The first-order chi connectivity index (χ1) is 8.12. The third-order valence-corrected chi connectivity index (χ3v) is 5.98. The summed E-state index contributed by atoms with van der Waals surface area (Å²) in [5, 5.41) is 10.3. The van der Waals surface area contributed by atoms with E-state index in [9.17, 15) is 14.7 Å². The van der Waals surface area contributed by atoms with Gasteiger partial charge in [0.05, 0.1) is 0 Å². The van der Waals surface area contributed by atoms with E-state index < -0.39 is 15.3 Å². The molecule has 0 aliphatic carbocycles. The van der Waals surface area contributed by atoms with Crippen LogP contribution in [-0.4, -0.2) is 21.9 Å². The Morgan fingerprint density at radius 1 is 1.29 bits per heavy atom. The number of ketones is 1. The molecule has 4 heteroatoms. The van der Waals surface area contributed by atoms with Crippen molar-refractivity contribution in [3.63, 3.8) is 0 Å². The molecular weight excluding hydrogens is 236 g/mol. The maximum Gasteiger partial charge on any atom is 0.351 e. The first-order valence-corrected chi connectivity index (χ1v) is 7.42. The third kappa shape index (κ3) is 2.58. The van der Waals surface area contributed by atoms with Crippen molar-refractivity contribution in [2.24, 2.45) is 0 Å². The Balaban J connectivity index is 2.28. The molecule has 0 fully saturated rings. The van der Waals surface area contributed by atoms with Crippen LogP contribution in [0.5, 0.6) is 0 Å². The number of benzene rings is 1. The zero-order chi connectivity index (χ0) is 12.3. The summed E-state index contributed by atoms with van der Waals surface area (Å²) in [6, 6.07) is 9.58. The molecule has 17 heavy (non-hydrogen) atoms. The van der Waals surface area contributed by atoms with Crippen LogP contribution in [0.3, 0.4) is 0 Å². The molecule has 0 saturated heterocycles. The highest BCUT2D eigenvalue weighted by atomic mass is 32.3. The van der Waals surface area contributed by atoms with E-state index in [2.05, 4.69) is 0 Å². The van der Waals surface area contributed by atoms with E-state index in [0.717, 1.165) is 5.56 Å². The van der Waals surface area contributed by atoms with Gasteiger partial charge in [-0.3, -0.25) is 4.79 Å². The topological polar surface area (TPSA) is 54.4 Å². The lowest BCUT2D eigenvalue weighted by Crippen LogP contribution is -2.19. The van der Waals surface area contributed by atoms with Crippen LogP contribution in [0.1, 0.15) is 12.0 Å². The minimum atomic E-state index is -1.88. The Morgan fingerprint density at radius 2 is 2.00 bits per heavy atom. The van der Waals surface area contributed by atoms with Gasteiger partial charge in [0.1, 0.15) is 0 Å². The number of carboxylic acid groups (broad SMARTS) is 1. The second-order valence-electron chi connectivity index (χ2n) is 4.06. The van der Waals surface area contributed by atoms with Gasteiger partial charge in [0.25, 0.3) is 0 Å². The Bertz CT molecular complexity index is 467. The SMILES string of the molecule is O=C1C=CS(Cc2ccccc2)(C(=O)O)CC1. The van der Waals surface area contributed by atoms with Crippen LogP contribution in [0.2, 0.25) is 0 Å². The molecule has 0 aromatic heterocycles. The number of hydrogen-bond donors (Lipinski definition) is 1. The Kier molecular flexibility index (Phi) is 3.33. The number of carbonyl (C=O) groups excluding carboxylic acids is 1. The average molecular weight is 250 g/mol. The van der Waals surface area contributed by atoms with Crippen molar-refractivity contribution in [1.29, 1.82) is 0 Å². The van der Waals surface area contributed by atoms with Crippen LogP contribution in [0.4, 0.5) is 4.79 Å². The van der Waals surface area contributed by atoms with Gasteiger partial charge in [-0.05, 0) is 22.8 Å². The fourth-order valence-corrected chi connectivity index (χ4v) is 4.40. The summed E-state index contributed by atoms with van der Waals surface area (Å²) in [5.41, 5.74) is 1.02. The molecule has 1 heterocycles. The molecule has 1 unspecified atom stereocenters. The van der Waals surface area contributed by atoms with Crippen LogP contribution in [0.15, 0.2) is 41.8 Å². The summed E-state index contributed by atoms with van der Waals surface area (Å²) >= 11 is 0. The highest BCUT2D eigenvalue weighted by Gasteiger charge is 2.32. The first-order valence-electron chi connectivity index (χ1n) is 5.39. The number of allylic oxidation sites excluding steroid dienone is 1. The molecule has 0 spiro atoms. The standard InChI is InChI=1S/C13H14O3S/c14-12-6-8-17(9-7-12,13(15)16)10-11-4-2-1-3-5-11/h1-6,8H,7,9-10H2,(H,15,16). The molecule has 90 valence electrons. The number of hydrogen-bond acceptors (Lipinski definition) is 2. The fourth-order valence-electron chi connectivity index (χ4n) is 1.84. The molecule has 3 nitrogen and oxygen atoms in total. The first kappa shape index (κ1) is 11.9. The molecular formula is C13H14O3S. The van der Waals surface area contributed by atoms with Gasteiger partial charge in [0, 0.05) is 12.2 Å². The Labute approximate surface area is 101 Å². The fraction of sp³-hybridized carbons (Fsp3) is 0.231. The number of rotatable bonds is 2. The lowest BCUT2D eigenvalue weighted by molar-refractivity contribution is -0.114. The molecule has 1 aromatic rings. The third-order valence-electron chi connectivity index (χ3n) is 2.84. The minimum absolute atomic E-state index is 0.0300. The lowest BCUT2D eigenvalue weighted by atomic mass is 10.2. The van der Waals surface area contributed by atoms with Gasteiger partial charge in [-0.25, -0.2) is 4.79 Å². The Hall–Kier alpha value is -1.55. The van der Waals surface area contributed by atoms with Crippen molar-refractivity contribution < 1.29 is 14.7 Å². The predicted molar refractivity (Wildman–Crippen MR) is 69.4 cm³/mol. The quantitative estimate of drug-likeness (QED) is 0.877. The summed E-state index contributed by atoms with van der Waals surface area (Å²) in [5.74, 6) is 1.02. The second-order valence-corrected chi connectivity index (χ2v) is 7.27. The van der Waals surface area contributed by atoms with Crippen LogP contribution in [-0.2, 0) is 10.5 Å². The summed E-state index contributed by atoms with van der Waals surface area (Å²) in [6.07, 6.45) is 1.79. The smallest absolute Gasteiger partial charge is 0.351 e. The van der Waals surface area contributed by atoms with E-state index in [1.807, 2.05) is 30.3 Å². The maximum atomic E-state index is 11.5. The molecule has 1 aromatic carbocycles. The van der Waals surface area contributed by atoms with Gasteiger partial charge in [0.15, 0.2) is 5.78 Å². The van der Waals surface area contributed by atoms with Gasteiger partial charge in [0.2, 0.25) is 0 Å². The lowest BCUT2D eigenvalue weighted by Gasteiger charge is -2.33. The van der Waals surface area contributed by atoms with E-state index in [-0.39, 0.29) is 5.78 Å². The van der Waals surface area contributed by atoms with Crippen molar-refractivity contribution in [1.82, 2.24) is 0 Å². The molecule has 1 atom stereocenters. The van der Waals surface area contributed by atoms with Crippen LogP contribution >= 0.6 is 10.0 Å². The highest BCUT2D eigenvalue weighted by molar-refractivity contribution is 8.46. The van der Waals surface area contributed by atoms with Gasteiger partial charge >= 0.3 is 5.30 Å². The van der Waals surface area contributed by atoms with Crippen molar-refractivity contribution in [2.75, 3.05) is 5.75 Å². The van der Waals surface area contributed by atoms with E-state index in [1.165, 1.54) is 6.08 Å². The van der Waals surface area contributed by atoms with Gasteiger partial charge in [-0.2, -0.15) is 0 Å². The normalized spacial score (nSPS) is 27.4. The summed E-state index contributed by atoms with van der Waals surface area (Å²) in [7, 11) is -1.88. The molecule has 0 amide bonds. The van der Waals surface area contributed by atoms with Gasteiger partial charge < -0.3 is 5.11 Å². The minimum Gasteiger partial charge on any atom is -0.474 e. The molecule has 1 N–H and O–H groups in total. The summed E-state index contributed by atoms with van der Waals surface area (Å²) < 4.78 is 0. The van der Waals surface area contributed by atoms with E-state index in [1.54, 1.807) is 5.41 Å². The van der Waals surface area contributed by atoms with Crippen LogP contribution < -0.4 is 0 Å². The van der Waals surface area contributed by atoms with Gasteiger partial charge in [-0.1, -0.05) is 30.3 Å². The molecule has 2 rings (SSSR count). The van der Waals surface area contributed by atoms with Crippen LogP contribution in [0, 0.1) is 0 Å². The van der Waals surface area contributed by atoms with Gasteiger partial charge in [-0.15, -0.1) is 10.0 Å². The molecule has 0 radical (unpaired) electrons. The average Bonchev–Trinajstić information content (AvgIpc) is 2.33. The molecule has 1 aliphatic heterocycles. The van der Waals surface area contributed by atoms with E-state index in [4.69, 9.17) is 0 Å². The second kappa shape index (κ2) is 4.75. The maximum absolute atomic E-state index is 11.5. The predicted octanol–water partition coefficient (Wildman–Crippen LogP) is 3.16. The van der Waals surface area contributed by atoms with E-state index >= 15 is 0 Å². The molecule has 0 bridgehead atoms. The van der Waals surface area contributed by atoms with Crippen molar-refractivity contribution in [2.45, 2.75) is 12.2 Å². The van der Waals surface area contributed by atoms with E-state index in [0.29, 0.717) is 17.9 Å². The summed E-state index contributed by atoms with van der Waals surface area (Å²) in [6.45, 7) is 0. The zero-order valence-electron chi connectivity index (χ0n) is 9.33. The zero-order valence-corrected chi connectivity index (χ0v) is 10.2. The van der Waals surface area contributed by atoms with Crippen molar-refractivity contribution >= 4 is 21.1 Å². The summed E-state index contributed by atoms with van der Waals surface area (Å²) in [4.78, 5) is 22.6.